The molecule has 5 rings (SSSR count). The number of fused-ring (bicyclic) bond motifs is 2. The lowest BCUT2D eigenvalue weighted by atomic mass is 10.1. The van der Waals surface area contributed by atoms with Crippen LogP contribution in [0.5, 0.6) is 0 Å². The molecule has 3 aromatic carbocycles. The first-order chi connectivity index (χ1) is 14.6. The Bertz CT molecular complexity index is 1400. The van der Waals surface area contributed by atoms with Crippen LogP contribution in [0.4, 0.5) is 11.4 Å². The average Bonchev–Trinajstić information content (AvgIpc) is 2.76. The second-order valence-corrected chi connectivity index (χ2v) is 7.60. The summed E-state index contributed by atoms with van der Waals surface area (Å²) in [6, 6.07) is 28.7. The van der Waals surface area contributed by atoms with E-state index >= 15 is 0 Å². The number of para-hydroxylation sites is 1. The van der Waals surface area contributed by atoms with Crippen LogP contribution in [0.2, 0.25) is 0 Å². The van der Waals surface area contributed by atoms with Gasteiger partial charge in [0.2, 0.25) is 0 Å². The molecule has 2 aliphatic rings. The first kappa shape index (κ1) is 18.1. The zero-order valence-electron chi connectivity index (χ0n) is 17.0. The highest BCUT2D eigenvalue weighted by molar-refractivity contribution is 5.86. The van der Waals surface area contributed by atoms with Crippen molar-refractivity contribution in [3.05, 3.63) is 101 Å². The second kappa shape index (κ2) is 7.16. The van der Waals surface area contributed by atoms with Crippen molar-refractivity contribution >= 4 is 22.4 Å². The second-order valence-electron chi connectivity index (χ2n) is 7.60. The van der Waals surface area contributed by atoms with Crippen LogP contribution >= 0.6 is 0 Å². The summed E-state index contributed by atoms with van der Waals surface area (Å²) in [6.45, 7) is 4.09. The van der Waals surface area contributed by atoms with E-state index in [1.165, 1.54) is 5.56 Å². The van der Waals surface area contributed by atoms with E-state index in [1.54, 1.807) is 0 Å². The molecule has 0 saturated heterocycles. The molecule has 1 heterocycles. The molecule has 0 saturated carbocycles. The maximum atomic E-state index is 6.26. The molecule has 0 aromatic heterocycles. The molecule has 0 amide bonds. The summed E-state index contributed by atoms with van der Waals surface area (Å²) < 4.78 is 2.21. The van der Waals surface area contributed by atoms with Crippen LogP contribution in [0.25, 0.3) is 28.1 Å². The topological polar surface area (TPSA) is 56.2 Å². The van der Waals surface area contributed by atoms with E-state index in [9.17, 15) is 0 Å². The first-order valence-corrected chi connectivity index (χ1v) is 9.98. The van der Waals surface area contributed by atoms with E-state index in [2.05, 4.69) is 41.8 Å². The van der Waals surface area contributed by atoms with E-state index in [0.29, 0.717) is 0 Å². The summed E-state index contributed by atoms with van der Waals surface area (Å²) in [4.78, 5) is 9.72. The van der Waals surface area contributed by atoms with Crippen molar-refractivity contribution in [1.29, 1.82) is 0 Å². The van der Waals surface area contributed by atoms with Crippen LogP contribution in [0, 0.1) is 13.8 Å². The van der Waals surface area contributed by atoms with Gasteiger partial charge in [0.05, 0.1) is 33.5 Å². The Labute approximate surface area is 175 Å². The number of hydrogen-bond donors (Lipinski definition) is 1. The van der Waals surface area contributed by atoms with Gasteiger partial charge in [-0.05, 0) is 74.0 Å². The summed E-state index contributed by atoms with van der Waals surface area (Å²) in [5.41, 5.74) is 15.1. The zero-order valence-corrected chi connectivity index (χ0v) is 17.0. The summed E-state index contributed by atoms with van der Waals surface area (Å²) in [7, 11) is 0. The van der Waals surface area contributed by atoms with Gasteiger partial charge in [-0.1, -0.05) is 35.9 Å². The highest BCUT2D eigenvalue weighted by Gasteiger charge is 2.15. The Kier molecular flexibility index (Phi) is 4.32. The molecule has 4 nitrogen and oxygen atoms in total. The number of benzene rings is 4. The SMILES string of the molecule is Cc1ccc(N=c2ccc3nc4cc(C)c(N)cc4n(-c4ccccc4)c-3c2)cc1. The maximum Gasteiger partial charge on any atom is 0.0882 e. The molecule has 3 aromatic rings. The molecule has 0 fully saturated rings. The predicted molar refractivity (Wildman–Crippen MR) is 123 cm³/mol. The standard InChI is InChI=1S/C26H22N4/c1-17-8-10-19(11-9-17)28-20-12-13-23-25(15-20)30(21-6-4-3-5-7-21)26-16-22(27)18(2)14-24(26)29-23/h3-16H,27H2,1-2H3. The number of aryl methyl sites for hydroxylation is 2. The molecule has 30 heavy (non-hydrogen) atoms. The molecule has 1 aliphatic carbocycles. The number of anilines is 1. The van der Waals surface area contributed by atoms with Gasteiger partial charge in [0.1, 0.15) is 0 Å². The fourth-order valence-electron chi connectivity index (χ4n) is 3.70. The third-order valence-electron chi connectivity index (χ3n) is 5.35. The third-order valence-corrected chi connectivity index (χ3v) is 5.35. The highest BCUT2D eigenvalue weighted by Crippen LogP contribution is 2.30. The normalized spacial score (nSPS) is 12.0. The summed E-state index contributed by atoms with van der Waals surface area (Å²) in [5.74, 6) is 0. The highest BCUT2D eigenvalue weighted by atomic mass is 15.0. The number of nitrogens with two attached hydrogens (primary N) is 1. The molecule has 146 valence electrons. The smallest absolute Gasteiger partial charge is 0.0882 e. The van der Waals surface area contributed by atoms with Crippen LogP contribution in [0.15, 0.2) is 89.9 Å². The summed E-state index contributed by atoms with van der Waals surface area (Å²) >= 11 is 0. The van der Waals surface area contributed by atoms with E-state index in [0.717, 1.165) is 50.4 Å². The lowest BCUT2D eigenvalue weighted by Gasteiger charge is -2.19. The number of nitrogens with zero attached hydrogens (tertiary/aromatic N) is 3. The molecular formula is C26H22N4. The minimum atomic E-state index is 0.758. The van der Waals surface area contributed by atoms with Gasteiger partial charge in [-0.15, -0.1) is 0 Å². The number of rotatable bonds is 2. The van der Waals surface area contributed by atoms with Crippen molar-refractivity contribution in [1.82, 2.24) is 9.55 Å². The molecule has 4 heteroatoms. The summed E-state index contributed by atoms with van der Waals surface area (Å²) in [6.07, 6.45) is 0. The monoisotopic (exact) mass is 390 g/mol. The largest absolute Gasteiger partial charge is 0.398 e. The van der Waals surface area contributed by atoms with E-state index < -0.39 is 0 Å². The number of nitrogen functional groups attached to an aromatic ring is 1. The van der Waals surface area contributed by atoms with E-state index in [4.69, 9.17) is 15.7 Å². The van der Waals surface area contributed by atoms with E-state index in [1.807, 2.05) is 61.5 Å². The van der Waals surface area contributed by atoms with Crippen molar-refractivity contribution < 1.29 is 0 Å². The Balaban J connectivity index is 1.84. The van der Waals surface area contributed by atoms with Crippen LogP contribution in [-0.2, 0) is 0 Å². The van der Waals surface area contributed by atoms with Gasteiger partial charge in [-0.2, -0.15) is 0 Å². The van der Waals surface area contributed by atoms with Gasteiger partial charge < -0.3 is 10.3 Å². The minimum Gasteiger partial charge on any atom is -0.398 e. The number of hydrogen-bond acceptors (Lipinski definition) is 3. The first-order valence-electron chi connectivity index (χ1n) is 9.98. The van der Waals surface area contributed by atoms with Gasteiger partial charge in [0.25, 0.3) is 0 Å². The Morgan fingerprint density at radius 1 is 0.833 bits per heavy atom. The van der Waals surface area contributed by atoms with Crippen LogP contribution < -0.4 is 11.1 Å². The third kappa shape index (κ3) is 3.22. The fourth-order valence-corrected chi connectivity index (χ4v) is 3.70. The average molecular weight is 390 g/mol. The van der Waals surface area contributed by atoms with E-state index in [-0.39, 0.29) is 0 Å². The number of aromatic nitrogens is 2. The van der Waals surface area contributed by atoms with Crippen molar-refractivity contribution in [3.63, 3.8) is 0 Å². The predicted octanol–water partition coefficient (Wildman–Crippen LogP) is 5.56. The van der Waals surface area contributed by atoms with Gasteiger partial charge in [0, 0.05) is 11.4 Å². The lowest BCUT2D eigenvalue weighted by Crippen LogP contribution is -2.11. The quantitative estimate of drug-likeness (QED) is 0.317. The van der Waals surface area contributed by atoms with Gasteiger partial charge in [-0.3, -0.25) is 0 Å². The van der Waals surface area contributed by atoms with Crippen LogP contribution in [-0.4, -0.2) is 9.55 Å². The Morgan fingerprint density at radius 3 is 2.37 bits per heavy atom. The molecule has 0 radical (unpaired) electrons. The van der Waals surface area contributed by atoms with Crippen molar-refractivity contribution in [3.8, 4) is 17.1 Å². The molecular weight excluding hydrogens is 368 g/mol. The molecule has 1 aliphatic heterocycles. The summed E-state index contributed by atoms with van der Waals surface area (Å²) in [5, 5.41) is 0.886. The lowest BCUT2D eigenvalue weighted by molar-refractivity contribution is 1.07. The molecule has 0 atom stereocenters. The van der Waals surface area contributed by atoms with Gasteiger partial charge in [-0.25, -0.2) is 9.98 Å². The van der Waals surface area contributed by atoms with Gasteiger partial charge >= 0.3 is 0 Å². The Hall–Kier alpha value is -3.92. The Morgan fingerprint density at radius 2 is 1.60 bits per heavy atom. The van der Waals surface area contributed by atoms with Crippen LogP contribution in [0.1, 0.15) is 11.1 Å². The minimum absolute atomic E-state index is 0.758. The maximum absolute atomic E-state index is 6.26. The van der Waals surface area contributed by atoms with Crippen LogP contribution in [0.3, 0.4) is 0 Å². The van der Waals surface area contributed by atoms with Crippen molar-refractivity contribution in [2.75, 3.05) is 5.73 Å². The van der Waals surface area contributed by atoms with Crippen molar-refractivity contribution in [2.24, 2.45) is 4.99 Å². The molecule has 0 unspecified atom stereocenters. The fraction of sp³-hybridized carbons (Fsp3) is 0.0769. The zero-order chi connectivity index (χ0) is 20.7. The van der Waals surface area contributed by atoms with Gasteiger partial charge in [0.15, 0.2) is 0 Å². The molecule has 0 bridgehead atoms. The molecule has 0 spiro atoms. The molecule has 2 N–H and O–H groups in total. The van der Waals surface area contributed by atoms with Crippen molar-refractivity contribution in [2.45, 2.75) is 13.8 Å².